The lowest BCUT2D eigenvalue weighted by Crippen LogP contribution is -2.01. The van der Waals surface area contributed by atoms with E-state index in [1.54, 1.807) is 30.5 Å². The van der Waals surface area contributed by atoms with Gasteiger partial charge in [-0.3, -0.25) is 10.1 Å². The number of hydrogen-bond donors (Lipinski definition) is 1. The molecule has 0 spiro atoms. The molecule has 0 aliphatic rings. The van der Waals surface area contributed by atoms with E-state index in [1.165, 1.54) is 12.1 Å². The molecule has 0 radical (unpaired) electrons. The number of halogens is 1. The van der Waals surface area contributed by atoms with Gasteiger partial charge in [-0.2, -0.15) is 0 Å². The normalized spacial score (nSPS) is 10.1. The molecule has 0 saturated carbocycles. The third-order valence-electron chi connectivity index (χ3n) is 2.35. The molecular formula is C12H10ClN3O2. The van der Waals surface area contributed by atoms with E-state index in [0.29, 0.717) is 17.4 Å². The van der Waals surface area contributed by atoms with Crippen LogP contribution >= 0.6 is 11.6 Å². The van der Waals surface area contributed by atoms with Crippen molar-refractivity contribution in [1.29, 1.82) is 0 Å². The van der Waals surface area contributed by atoms with Crippen molar-refractivity contribution in [3.05, 3.63) is 63.3 Å². The van der Waals surface area contributed by atoms with Gasteiger partial charge in [-0.25, -0.2) is 4.98 Å². The molecule has 0 atom stereocenters. The van der Waals surface area contributed by atoms with E-state index in [4.69, 9.17) is 11.6 Å². The lowest BCUT2D eigenvalue weighted by molar-refractivity contribution is -0.384. The highest BCUT2D eigenvalue weighted by molar-refractivity contribution is 6.30. The van der Waals surface area contributed by atoms with E-state index in [2.05, 4.69) is 10.3 Å². The molecule has 92 valence electrons. The first-order chi connectivity index (χ1) is 8.65. The summed E-state index contributed by atoms with van der Waals surface area (Å²) >= 11 is 5.72. The van der Waals surface area contributed by atoms with Crippen LogP contribution in [0.2, 0.25) is 5.02 Å². The third kappa shape index (κ3) is 3.18. The van der Waals surface area contributed by atoms with E-state index in [1.807, 2.05) is 0 Å². The molecule has 0 amide bonds. The Morgan fingerprint density at radius 1 is 1.22 bits per heavy atom. The van der Waals surface area contributed by atoms with Crippen LogP contribution in [0, 0.1) is 10.1 Å². The number of benzene rings is 1. The molecule has 2 rings (SSSR count). The zero-order valence-corrected chi connectivity index (χ0v) is 10.1. The van der Waals surface area contributed by atoms with Crippen LogP contribution in [-0.4, -0.2) is 9.91 Å². The van der Waals surface area contributed by atoms with Crippen LogP contribution in [0.1, 0.15) is 5.56 Å². The Morgan fingerprint density at radius 2 is 1.94 bits per heavy atom. The number of anilines is 1. The predicted molar refractivity (Wildman–Crippen MR) is 69.7 cm³/mol. The molecule has 1 aromatic carbocycles. The van der Waals surface area contributed by atoms with Gasteiger partial charge in [-0.15, -0.1) is 0 Å². The van der Waals surface area contributed by atoms with Gasteiger partial charge < -0.3 is 5.32 Å². The van der Waals surface area contributed by atoms with Crippen molar-refractivity contribution in [3.8, 4) is 0 Å². The standard InChI is InChI=1S/C12H10ClN3O2/c13-10-3-6-12(15-8-10)14-7-9-1-4-11(5-2-9)16(17)18/h1-6,8H,7H2,(H,14,15). The molecule has 0 aliphatic heterocycles. The van der Waals surface area contributed by atoms with Crippen LogP contribution in [-0.2, 0) is 6.54 Å². The summed E-state index contributed by atoms with van der Waals surface area (Å²) in [6.07, 6.45) is 1.56. The maximum atomic E-state index is 10.5. The van der Waals surface area contributed by atoms with Crippen molar-refractivity contribution in [3.63, 3.8) is 0 Å². The number of nitrogens with zero attached hydrogens (tertiary/aromatic N) is 2. The summed E-state index contributed by atoms with van der Waals surface area (Å²) in [7, 11) is 0. The fourth-order valence-corrected chi connectivity index (χ4v) is 1.52. The second-order valence-corrected chi connectivity index (χ2v) is 4.08. The van der Waals surface area contributed by atoms with E-state index in [9.17, 15) is 10.1 Å². The Kier molecular flexibility index (Phi) is 3.74. The maximum Gasteiger partial charge on any atom is 0.269 e. The molecular weight excluding hydrogens is 254 g/mol. The summed E-state index contributed by atoms with van der Waals surface area (Å²) < 4.78 is 0. The Labute approximate surface area is 109 Å². The molecule has 1 aromatic heterocycles. The number of rotatable bonds is 4. The lowest BCUT2D eigenvalue weighted by Gasteiger charge is -2.05. The van der Waals surface area contributed by atoms with Gasteiger partial charge in [0.2, 0.25) is 0 Å². The Balaban J connectivity index is 1.97. The average molecular weight is 264 g/mol. The van der Waals surface area contributed by atoms with E-state index in [0.717, 1.165) is 5.56 Å². The first kappa shape index (κ1) is 12.3. The number of aromatic nitrogens is 1. The molecule has 0 fully saturated rings. The van der Waals surface area contributed by atoms with Crippen molar-refractivity contribution in [1.82, 2.24) is 4.98 Å². The number of hydrogen-bond acceptors (Lipinski definition) is 4. The van der Waals surface area contributed by atoms with Crippen molar-refractivity contribution < 1.29 is 4.92 Å². The third-order valence-corrected chi connectivity index (χ3v) is 2.57. The van der Waals surface area contributed by atoms with Crippen molar-refractivity contribution in [2.45, 2.75) is 6.54 Å². The summed E-state index contributed by atoms with van der Waals surface area (Å²) in [6.45, 7) is 0.548. The predicted octanol–water partition coefficient (Wildman–Crippen LogP) is 3.26. The maximum absolute atomic E-state index is 10.5. The molecule has 2 aromatic rings. The molecule has 1 N–H and O–H groups in total. The second-order valence-electron chi connectivity index (χ2n) is 3.64. The molecule has 6 heteroatoms. The van der Waals surface area contributed by atoms with Crippen LogP contribution in [0.3, 0.4) is 0 Å². The van der Waals surface area contributed by atoms with Gasteiger partial charge >= 0.3 is 0 Å². The first-order valence-electron chi connectivity index (χ1n) is 5.24. The molecule has 0 aliphatic carbocycles. The average Bonchev–Trinajstić information content (AvgIpc) is 2.38. The minimum Gasteiger partial charge on any atom is -0.366 e. The Hall–Kier alpha value is -2.14. The molecule has 0 saturated heterocycles. The molecule has 18 heavy (non-hydrogen) atoms. The van der Waals surface area contributed by atoms with Crippen LogP contribution in [0.5, 0.6) is 0 Å². The van der Waals surface area contributed by atoms with Gasteiger partial charge in [0.05, 0.1) is 9.95 Å². The summed E-state index contributed by atoms with van der Waals surface area (Å²) in [6, 6.07) is 9.89. The SMILES string of the molecule is O=[N+]([O-])c1ccc(CNc2ccc(Cl)cn2)cc1. The number of pyridine rings is 1. The van der Waals surface area contributed by atoms with Crippen LogP contribution in [0.25, 0.3) is 0 Å². The monoisotopic (exact) mass is 263 g/mol. The number of nitro benzene ring substituents is 1. The fourth-order valence-electron chi connectivity index (χ4n) is 1.41. The second kappa shape index (κ2) is 5.46. The summed E-state index contributed by atoms with van der Waals surface area (Å²) in [4.78, 5) is 14.2. The highest BCUT2D eigenvalue weighted by Crippen LogP contribution is 2.14. The van der Waals surface area contributed by atoms with Gasteiger partial charge in [0, 0.05) is 24.9 Å². The van der Waals surface area contributed by atoms with Crippen LogP contribution < -0.4 is 5.32 Å². The van der Waals surface area contributed by atoms with E-state index in [-0.39, 0.29) is 5.69 Å². The summed E-state index contributed by atoms with van der Waals surface area (Å²) in [5.74, 6) is 0.706. The zero-order valence-electron chi connectivity index (χ0n) is 9.34. The van der Waals surface area contributed by atoms with Crippen molar-refractivity contribution >= 4 is 23.1 Å². The molecule has 0 bridgehead atoms. The van der Waals surface area contributed by atoms with Crippen LogP contribution in [0.4, 0.5) is 11.5 Å². The fraction of sp³-hybridized carbons (Fsp3) is 0.0833. The summed E-state index contributed by atoms with van der Waals surface area (Å²) in [5.41, 5.74) is 1.03. The van der Waals surface area contributed by atoms with Gasteiger partial charge in [0.1, 0.15) is 5.82 Å². The highest BCUT2D eigenvalue weighted by Gasteiger charge is 2.03. The topological polar surface area (TPSA) is 68.1 Å². The lowest BCUT2D eigenvalue weighted by atomic mass is 10.2. The van der Waals surface area contributed by atoms with Gasteiger partial charge in [0.15, 0.2) is 0 Å². The Morgan fingerprint density at radius 3 is 2.50 bits per heavy atom. The van der Waals surface area contributed by atoms with Gasteiger partial charge in [-0.1, -0.05) is 23.7 Å². The van der Waals surface area contributed by atoms with E-state index >= 15 is 0 Å². The Bertz CT molecular complexity index is 540. The minimum atomic E-state index is -0.419. The minimum absolute atomic E-state index is 0.0865. The van der Waals surface area contributed by atoms with Crippen molar-refractivity contribution in [2.75, 3.05) is 5.32 Å². The van der Waals surface area contributed by atoms with Crippen LogP contribution in [0.15, 0.2) is 42.6 Å². The quantitative estimate of drug-likeness (QED) is 0.679. The highest BCUT2D eigenvalue weighted by atomic mass is 35.5. The summed E-state index contributed by atoms with van der Waals surface area (Å²) in [5, 5.41) is 14.2. The molecule has 5 nitrogen and oxygen atoms in total. The number of nitro groups is 1. The first-order valence-corrected chi connectivity index (χ1v) is 5.62. The molecule has 1 heterocycles. The zero-order chi connectivity index (χ0) is 13.0. The number of nitrogens with one attached hydrogen (secondary N) is 1. The van der Waals surface area contributed by atoms with Crippen molar-refractivity contribution in [2.24, 2.45) is 0 Å². The molecule has 0 unspecified atom stereocenters. The largest absolute Gasteiger partial charge is 0.366 e. The smallest absolute Gasteiger partial charge is 0.269 e. The van der Waals surface area contributed by atoms with Gasteiger partial charge in [0.25, 0.3) is 5.69 Å². The van der Waals surface area contributed by atoms with E-state index < -0.39 is 4.92 Å². The van der Waals surface area contributed by atoms with Gasteiger partial charge in [-0.05, 0) is 17.7 Å². The number of non-ortho nitro benzene ring substituents is 1.